The number of methoxy groups -OCH3 is 1. The van der Waals surface area contributed by atoms with Crippen molar-refractivity contribution >= 4 is 26.8 Å². The molecule has 0 aromatic heterocycles. The first-order chi connectivity index (χ1) is 38.5. The zero-order valence-corrected chi connectivity index (χ0v) is 49.2. The van der Waals surface area contributed by atoms with Gasteiger partial charge in [-0.25, -0.2) is 8.37 Å². The van der Waals surface area contributed by atoms with E-state index in [4.69, 9.17) is 56.1 Å². The fourth-order valence-electron chi connectivity index (χ4n) is 16.0. The number of esters is 1. The summed E-state index contributed by atoms with van der Waals surface area (Å²) in [7, 11) is -9.05. The van der Waals surface area contributed by atoms with Crippen molar-refractivity contribution in [1.82, 2.24) is 0 Å². The minimum absolute atomic E-state index is 0.0205. The van der Waals surface area contributed by atoms with Gasteiger partial charge in [-0.3, -0.25) is 13.9 Å². The highest BCUT2D eigenvalue weighted by atomic mass is 32.3. The van der Waals surface area contributed by atoms with Crippen LogP contribution in [0.25, 0.3) is 0 Å². The average Bonchev–Trinajstić information content (AvgIpc) is 4.05. The van der Waals surface area contributed by atoms with Gasteiger partial charge in [-0.05, 0) is 94.8 Å². The third-order valence-electron chi connectivity index (χ3n) is 20.3. The van der Waals surface area contributed by atoms with Gasteiger partial charge in [0.2, 0.25) is 0 Å². The summed E-state index contributed by atoms with van der Waals surface area (Å²) in [6.07, 6.45) is -26.4. The first-order valence-electron chi connectivity index (χ1n) is 28.2. The lowest BCUT2D eigenvalue weighted by molar-refractivity contribution is -0.380. The molecule has 30 heteroatoms. The molecule has 2 bridgehead atoms. The zero-order valence-electron chi connectivity index (χ0n) is 47.6. The Balaban J connectivity index is 0.866. The van der Waals surface area contributed by atoms with Gasteiger partial charge in [0.15, 0.2) is 25.2 Å². The molecule has 8 fully saturated rings. The Morgan fingerprint density at radius 3 is 2.07 bits per heavy atom. The van der Waals surface area contributed by atoms with Crippen LogP contribution in [0.5, 0.6) is 0 Å². The van der Waals surface area contributed by atoms with Crippen LogP contribution in [0.15, 0.2) is 23.8 Å². The molecule has 28 nitrogen and oxygen atoms in total. The average molecular weight is 1230 g/mol. The molecule has 9 aliphatic rings. The quantitative estimate of drug-likeness (QED) is 0.0413. The van der Waals surface area contributed by atoms with E-state index in [1.54, 1.807) is 13.8 Å². The van der Waals surface area contributed by atoms with Crippen LogP contribution in [0.3, 0.4) is 0 Å². The van der Waals surface area contributed by atoms with Crippen LogP contribution in [0.4, 0.5) is 0 Å². The number of aliphatic hydroxyl groups is 9. The Morgan fingerprint density at radius 1 is 0.783 bits per heavy atom. The first kappa shape index (κ1) is 65.4. The predicted octanol–water partition coefficient (Wildman–Crippen LogP) is -1.15. The highest BCUT2D eigenvalue weighted by molar-refractivity contribution is 7.81. The third-order valence-corrected chi connectivity index (χ3v) is 21.2. The molecular formula is C53H84O28S2. The number of carbonyl (C=O) groups is 1. The number of aliphatic hydroxyl groups excluding tert-OH is 8. The summed E-state index contributed by atoms with van der Waals surface area (Å²) < 4.78 is 133. The molecule has 28 unspecified atom stereocenters. The van der Waals surface area contributed by atoms with Gasteiger partial charge >= 0.3 is 26.8 Å². The van der Waals surface area contributed by atoms with E-state index in [1.165, 1.54) is 12.5 Å². The number of hydrogen-bond acceptors (Lipinski definition) is 26. The van der Waals surface area contributed by atoms with E-state index in [0.717, 1.165) is 7.11 Å². The molecule has 0 radical (unpaired) electrons. The van der Waals surface area contributed by atoms with Crippen molar-refractivity contribution in [3.63, 3.8) is 0 Å². The van der Waals surface area contributed by atoms with Crippen molar-refractivity contribution in [2.45, 2.75) is 234 Å². The summed E-state index contributed by atoms with van der Waals surface area (Å²) in [6, 6.07) is 0. The topological polar surface area (TPSA) is 419 Å². The standard InChI is InChI=1S/C53H84O28S2/c1-22(2)26(54)13-16-52(8,63)43-27-18-51(7)25-10-11-31-49(4,5)32(14-15-50(31,6)24(25)12-17-53(43,51)48(62)77-27)78-47-42(35(57)30(20-72-47)81-83(67,68)69)80-45-38(60)36(58)40(23(3)74-45)79-44-37(59)33(55)28(19-71-44)75-46-39(61)41(70-9)34(56)29(76-46)21-73-82(64,65)66/h10,23-24,26-47,54-61,63H,1,11-21H2,2-9H3,(H,64,65,66)(H,67,68,69). The van der Waals surface area contributed by atoms with Crippen molar-refractivity contribution < 1.29 is 132 Å². The number of allylic oxidation sites excluding steroid dienone is 2. The second-order valence-corrected chi connectivity index (χ2v) is 27.8. The molecule has 28 atom stereocenters. The summed E-state index contributed by atoms with van der Waals surface area (Å²) >= 11 is 0. The van der Waals surface area contributed by atoms with Gasteiger partial charge in [0, 0.05) is 18.4 Å². The minimum Gasteiger partial charge on any atom is -0.461 e. The van der Waals surface area contributed by atoms with Crippen LogP contribution in [0, 0.1) is 39.4 Å². The summed E-state index contributed by atoms with van der Waals surface area (Å²) in [6.45, 7) is 15.2. The molecule has 5 heterocycles. The first-order valence-corrected chi connectivity index (χ1v) is 30.9. The van der Waals surface area contributed by atoms with Gasteiger partial charge in [-0.1, -0.05) is 51.5 Å². The van der Waals surface area contributed by atoms with Crippen LogP contribution in [-0.2, 0) is 81.3 Å². The van der Waals surface area contributed by atoms with E-state index in [1.807, 2.05) is 0 Å². The van der Waals surface area contributed by atoms with E-state index in [-0.39, 0.29) is 36.1 Å². The number of rotatable bonds is 19. The fraction of sp³-hybridized carbons (Fsp3) is 0.906. The van der Waals surface area contributed by atoms with Crippen molar-refractivity contribution in [2.24, 2.45) is 39.4 Å². The van der Waals surface area contributed by atoms with E-state index >= 15 is 0 Å². The molecule has 11 N–H and O–H groups in total. The molecule has 0 aromatic rings. The van der Waals surface area contributed by atoms with Crippen molar-refractivity contribution in [3.05, 3.63) is 23.8 Å². The lowest BCUT2D eigenvalue weighted by atomic mass is 9.40. The van der Waals surface area contributed by atoms with Crippen molar-refractivity contribution in [3.8, 4) is 0 Å². The fourth-order valence-corrected chi connectivity index (χ4v) is 16.8. The molecule has 5 saturated heterocycles. The van der Waals surface area contributed by atoms with Crippen LogP contribution in [0.1, 0.15) is 99.8 Å². The highest BCUT2D eigenvalue weighted by Gasteiger charge is 2.79. The van der Waals surface area contributed by atoms with Crippen LogP contribution < -0.4 is 0 Å². The van der Waals surface area contributed by atoms with Gasteiger partial charge in [0.25, 0.3) is 0 Å². The van der Waals surface area contributed by atoms with Crippen molar-refractivity contribution in [2.75, 3.05) is 26.9 Å². The van der Waals surface area contributed by atoms with Gasteiger partial charge < -0.3 is 93.3 Å². The SMILES string of the molecule is C=C(C)C(O)CCC(C)(O)C1C2CC3(C)C4=CCC5C(C)(C)C(OC6OCC(OS(=O)(=O)O)C(O)C6OC6OC(C)C(OC7OCC(OC8OC(COS(=O)(=O)O)C(O)C(OC)C8O)C(O)C7O)C(O)C6O)CCC5(C)C4CCC13C(=O)O2. The smallest absolute Gasteiger partial charge is 0.397 e. The van der Waals surface area contributed by atoms with Crippen LogP contribution >= 0.6 is 0 Å². The second kappa shape index (κ2) is 23.7. The van der Waals surface area contributed by atoms with Crippen molar-refractivity contribution in [1.29, 1.82) is 0 Å². The molecule has 5 aliphatic heterocycles. The lowest BCUT2D eigenvalue weighted by Crippen LogP contribution is -2.65. The Kier molecular flexibility index (Phi) is 18.7. The number of carbonyl (C=O) groups excluding carboxylic acids is 1. The summed E-state index contributed by atoms with van der Waals surface area (Å²) in [5.74, 6) is -0.755. The lowest BCUT2D eigenvalue weighted by Gasteiger charge is -2.64. The monoisotopic (exact) mass is 1230 g/mol. The Labute approximate surface area is 482 Å². The van der Waals surface area contributed by atoms with E-state index in [2.05, 4.69) is 44.5 Å². The van der Waals surface area contributed by atoms with E-state index in [0.29, 0.717) is 44.1 Å². The number of hydrogen-bond donors (Lipinski definition) is 11. The summed E-state index contributed by atoms with van der Waals surface area (Å²) in [4.78, 5) is 14.2. The van der Waals surface area contributed by atoms with Crippen LogP contribution in [-0.4, -0.2) is 239 Å². The highest BCUT2D eigenvalue weighted by Crippen LogP contribution is 2.76. The normalized spacial score (nSPS) is 48.2. The molecule has 9 rings (SSSR count). The maximum atomic E-state index is 14.2. The predicted molar refractivity (Wildman–Crippen MR) is 278 cm³/mol. The minimum atomic E-state index is -5.18. The molecule has 83 heavy (non-hydrogen) atoms. The molecular weight excluding hydrogens is 1150 g/mol. The number of fused-ring (bicyclic) bond motifs is 5. The van der Waals surface area contributed by atoms with Gasteiger partial charge in [0.05, 0.1) is 49.1 Å². The summed E-state index contributed by atoms with van der Waals surface area (Å²) in [5.41, 5.74) is -2.07. The largest absolute Gasteiger partial charge is 0.461 e. The molecule has 0 amide bonds. The Morgan fingerprint density at radius 2 is 1.42 bits per heavy atom. The maximum Gasteiger partial charge on any atom is 0.397 e. The third kappa shape index (κ3) is 11.9. The molecule has 476 valence electrons. The van der Waals surface area contributed by atoms with Gasteiger partial charge in [-0.15, -0.1) is 0 Å². The molecule has 1 spiro atoms. The van der Waals surface area contributed by atoms with Gasteiger partial charge in [-0.2, -0.15) is 16.8 Å². The molecule has 0 aromatic carbocycles. The Hall–Kier alpha value is -2.03. The zero-order chi connectivity index (χ0) is 61.1. The Bertz CT molecular complexity index is 2620. The van der Waals surface area contributed by atoms with Crippen LogP contribution in [0.2, 0.25) is 0 Å². The van der Waals surface area contributed by atoms with E-state index in [9.17, 15) is 72.1 Å². The number of ether oxygens (including phenoxy) is 10. The second-order valence-electron chi connectivity index (χ2n) is 25.7. The van der Waals surface area contributed by atoms with Gasteiger partial charge in [0.1, 0.15) is 85.5 Å². The maximum absolute atomic E-state index is 14.2. The van der Waals surface area contributed by atoms with E-state index < -0.39 is 197 Å². The summed E-state index contributed by atoms with van der Waals surface area (Å²) in [5, 5.41) is 101. The molecule has 3 saturated carbocycles. The molecule has 4 aliphatic carbocycles.